The highest BCUT2D eigenvalue weighted by Gasteiger charge is 2.21. The van der Waals surface area contributed by atoms with Gasteiger partial charge >= 0.3 is 0 Å². The van der Waals surface area contributed by atoms with Gasteiger partial charge in [0.25, 0.3) is 0 Å². The molecule has 0 atom stereocenters. The quantitative estimate of drug-likeness (QED) is 0.704. The van der Waals surface area contributed by atoms with Crippen LogP contribution in [-0.2, 0) is 13.0 Å². The minimum absolute atomic E-state index is 0.820. The Morgan fingerprint density at radius 1 is 0.885 bits per heavy atom. The number of aryl methyl sites for hydroxylation is 1. The number of benzene rings is 2. The molecule has 0 saturated carbocycles. The zero-order chi connectivity index (χ0) is 18.1. The van der Waals surface area contributed by atoms with E-state index in [0.717, 1.165) is 48.2 Å². The van der Waals surface area contributed by atoms with Crippen LogP contribution in [0.4, 0.5) is 17.5 Å². The number of nitrogens with zero attached hydrogens (tertiary/aromatic N) is 4. The first-order valence-electron chi connectivity index (χ1n) is 9.09. The number of hydrogen-bond donors (Lipinski definition) is 0. The van der Waals surface area contributed by atoms with Crippen molar-refractivity contribution in [1.82, 2.24) is 9.97 Å². The van der Waals surface area contributed by atoms with Crippen molar-refractivity contribution in [2.75, 3.05) is 23.4 Å². The molecule has 2 heterocycles. The van der Waals surface area contributed by atoms with E-state index in [4.69, 9.17) is 9.97 Å². The number of aromatic nitrogens is 2. The summed E-state index contributed by atoms with van der Waals surface area (Å²) in [6, 6.07) is 19.0. The summed E-state index contributed by atoms with van der Waals surface area (Å²) in [4.78, 5) is 14.2. The molecule has 0 saturated heterocycles. The fourth-order valence-corrected chi connectivity index (χ4v) is 3.51. The predicted molar refractivity (Wildman–Crippen MR) is 107 cm³/mol. The van der Waals surface area contributed by atoms with Crippen molar-refractivity contribution >= 4 is 17.5 Å². The van der Waals surface area contributed by atoms with Crippen molar-refractivity contribution in [1.29, 1.82) is 0 Å². The van der Waals surface area contributed by atoms with Gasteiger partial charge in [0, 0.05) is 37.1 Å². The predicted octanol–water partition coefficient (Wildman–Crippen LogP) is 4.42. The summed E-state index contributed by atoms with van der Waals surface area (Å²) in [5, 5.41) is 0. The molecule has 3 aromatic rings. The SMILES string of the molecule is Cc1nc(N2CCc3ccccc3C2)nc(N(C)c2ccccc2)c1C. The summed E-state index contributed by atoms with van der Waals surface area (Å²) in [6.07, 6.45) is 1.04. The number of hydrogen-bond acceptors (Lipinski definition) is 4. The Morgan fingerprint density at radius 2 is 1.58 bits per heavy atom. The Balaban J connectivity index is 1.69. The number of fused-ring (bicyclic) bond motifs is 1. The summed E-state index contributed by atoms with van der Waals surface area (Å²) in [5.74, 6) is 1.79. The monoisotopic (exact) mass is 344 g/mol. The van der Waals surface area contributed by atoms with Gasteiger partial charge in [0.1, 0.15) is 5.82 Å². The summed E-state index contributed by atoms with van der Waals surface area (Å²) in [6.45, 7) is 5.99. The number of anilines is 3. The molecule has 0 N–H and O–H groups in total. The van der Waals surface area contributed by atoms with Crippen molar-refractivity contribution in [3.8, 4) is 0 Å². The lowest BCUT2D eigenvalue weighted by Gasteiger charge is -2.30. The highest BCUT2D eigenvalue weighted by molar-refractivity contribution is 5.64. The zero-order valence-corrected chi connectivity index (χ0v) is 15.6. The van der Waals surface area contributed by atoms with Crippen LogP contribution in [-0.4, -0.2) is 23.6 Å². The Morgan fingerprint density at radius 3 is 2.35 bits per heavy atom. The smallest absolute Gasteiger partial charge is 0.227 e. The van der Waals surface area contributed by atoms with Gasteiger partial charge in [0.15, 0.2) is 0 Å². The Labute approximate surface area is 155 Å². The maximum Gasteiger partial charge on any atom is 0.227 e. The van der Waals surface area contributed by atoms with Gasteiger partial charge in [-0.15, -0.1) is 0 Å². The van der Waals surface area contributed by atoms with Crippen LogP contribution < -0.4 is 9.80 Å². The molecule has 132 valence electrons. The minimum Gasteiger partial charge on any atom is -0.336 e. The lowest BCUT2D eigenvalue weighted by Crippen LogP contribution is -2.32. The minimum atomic E-state index is 0.820. The van der Waals surface area contributed by atoms with Crippen molar-refractivity contribution in [2.24, 2.45) is 0 Å². The van der Waals surface area contributed by atoms with E-state index in [1.807, 2.05) is 6.07 Å². The first kappa shape index (κ1) is 16.6. The van der Waals surface area contributed by atoms with Gasteiger partial charge in [-0.05, 0) is 43.5 Å². The number of para-hydroxylation sites is 1. The van der Waals surface area contributed by atoms with E-state index < -0.39 is 0 Å². The molecule has 0 aliphatic carbocycles. The van der Waals surface area contributed by atoms with E-state index in [2.05, 4.69) is 79.2 Å². The summed E-state index contributed by atoms with van der Waals surface area (Å²) in [5.41, 5.74) is 6.10. The lowest BCUT2D eigenvalue weighted by atomic mass is 10.0. The fraction of sp³-hybridized carbons (Fsp3) is 0.273. The van der Waals surface area contributed by atoms with Gasteiger partial charge in [-0.25, -0.2) is 4.98 Å². The molecule has 4 nitrogen and oxygen atoms in total. The summed E-state index contributed by atoms with van der Waals surface area (Å²) >= 11 is 0. The van der Waals surface area contributed by atoms with E-state index >= 15 is 0 Å². The molecule has 4 heteroatoms. The first-order chi connectivity index (χ1) is 12.6. The average Bonchev–Trinajstić information content (AvgIpc) is 2.69. The summed E-state index contributed by atoms with van der Waals surface area (Å²) < 4.78 is 0. The third kappa shape index (κ3) is 3.03. The Kier molecular flexibility index (Phi) is 4.33. The second kappa shape index (κ2) is 6.79. The molecule has 0 radical (unpaired) electrons. The zero-order valence-electron chi connectivity index (χ0n) is 15.6. The molecule has 0 spiro atoms. The van der Waals surface area contributed by atoms with Crippen molar-refractivity contribution < 1.29 is 0 Å². The largest absolute Gasteiger partial charge is 0.336 e. The maximum absolute atomic E-state index is 4.95. The van der Waals surface area contributed by atoms with Crippen molar-refractivity contribution in [3.63, 3.8) is 0 Å². The number of rotatable bonds is 3. The molecule has 1 aliphatic heterocycles. The van der Waals surface area contributed by atoms with Crippen LogP contribution in [0, 0.1) is 13.8 Å². The molecule has 0 unspecified atom stereocenters. The van der Waals surface area contributed by atoms with Crippen molar-refractivity contribution in [2.45, 2.75) is 26.8 Å². The van der Waals surface area contributed by atoms with Gasteiger partial charge in [0.2, 0.25) is 5.95 Å². The second-order valence-electron chi connectivity index (χ2n) is 6.89. The van der Waals surface area contributed by atoms with Crippen LogP contribution in [0.2, 0.25) is 0 Å². The highest BCUT2D eigenvalue weighted by atomic mass is 15.3. The van der Waals surface area contributed by atoms with Crippen LogP contribution >= 0.6 is 0 Å². The van der Waals surface area contributed by atoms with E-state index in [-0.39, 0.29) is 0 Å². The highest BCUT2D eigenvalue weighted by Crippen LogP contribution is 2.29. The standard InChI is InChI=1S/C22H24N4/c1-16-17(2)23-22(24-21(16)25(3)20-11-5-4-6-12-20)26-14-13-18-9-7-8-10-19(18)15-26/h4-12H,13-15H2,1-3H3. The molecule has 2 aromatic carbocycles. The Bertz CT molecular complexity index is 921. The van der Waals surface area contributed by atoms with E-state index in [9.17, 15) is 0 Å². The van der Waals surface area contributed by atoms with Crippen LogP contribution in [0.5, 0.6) is 0 Å². The van der Waals surface area contributed by atoms with E-state index in [1.54, 1.807) is 0 Å². The van der Waals surface area contributed by atoms with Crippen molar-refractivity contribution in [3.05, 3.63) is 77.0 Å². The second-order valence-corrected chi connectivity index (χ2v) is 6.89. The first-order valence-corrected chi connectivity index (χ1v) is 9.09. The molecule has 0 amide bonds. The molecule has 1 aliphatic rings. The van der Waals surface area contributed by atoms with Gasteiger partial charge in [0.05, 0.1) is 0 Å². The normalized spacial score (nSPS) is 13.4. The van der Waals surface area contributed by atoms with Crippen LogP contribution in [0.1, 0.15) is 22.4 Å². The molecular formula is C22H24N4. The van der Waals surface area contributed by atoms with Gasteiger partial charge < -0.3 is 9.80 Å². The van der Waals surface area contributed by atoms with Gasteiger partial charge in [-0.1, -0.05) is 42.5 Å². The van der Waals surface area contributed by atoms with Crippen LogP contribution in [0.3, 0.4) is 0 Å². The Hall–Kier alpha value is -2.88. The molecule has 26 heavy (non-hydrogen) atoms. The third-order valence-corrected chi connectivity index (χ3v) is 5.23. The average molecular weight is 344 g/mol. The molecule has 0 bridgehead atoms. The van der Waals surface area contributed by atoms with Gasteiger partial charge in [-0.3, -0.25) is 0 Å². The topological polar surface area (TPSA) is 32.3 Å². The maximum atomic E-state index is 4.95. The van der Waals surface area contributed by atoms with Gasteiger partial charge in [-0.2, -0.15) is 4.98 Å². The molecule has 0 fully saturated rings. The van der Waals surface area contributed by atoms with Crippen LogP contribution in [0.15, 0.2) is 54.6 Å². The van der Waals surface area contributed by atoms with E-state index in [1.165, 1.54) is 11.1 Å². The van der Waals surface area contributed by atoms with E-state index in [0.29, 0.717) is 0 Å². The summed E-state index contributed by atoms with van der Waals surface area (Å²) in [7, 11) is 2.07. The lowest BCUT2D eigenvalue weighted by molar-refractivity contribution is 0.704. The fourth-order valence-electron chi connectivity index (χ4n) is 3.51. The van der Waals surface area contributed by atoms with Crippen LogP contribution in [0.25, 0.3) is 0 Å². The molecule has 1 aromatic heterocycles. The molecule has 4 rings (SSSR count). The third-order valence-electron chi connectivity index (χ3n) is 5.23. The molecular weight excluding hydrogens is 320 g/mol.